The Morgan fingerprint density at radius 1 is 1.00 bits per heavy atom. The summed E-state index contributed by atoms with van der Waals surface area (Å²) >= 11 is 0. The molecule has 0 bridgehead atoms. The van der Waals surface area contributed by atoms with Gasteiger partial charge in [-0.15, -0.1) is 0 Å². The average Bonchev–Trinajstić information content (AvgIpc) is 3.62. The summed E-state index contributed by atoms with van der Waals surface area (Å²) in [4.78, 5) is 12.4. The van der Waals surface area contributed by atoms with Crippen molar-refractivity contribution in [1.82, 2.24) is 10.1 Å². The number of fused-ring (bicyclic) bond motifs is 1. The minimum absolute atomic E-state index is 0.0116. The van der Waals surface area contributed by atoms with Crippen molar-refractivity contribution in [3.63, 3.8) is 0 Å². The van der Waals surface area contributed by atoms with Crippen LogP contribution in [0.5, 0.6) is 17.2 Å². The number of rotatable bonds is 8. The molecule has 1 atom stereocenters. The molecule has 0 spiro atoms. The zero-order valence-corrected chi connectivity index (χ0v) is 23.5. The summed E-state index contributed by atoms with van der Waals surface area (Å²) in [6.07, 6.45) is -4.58. The van der Waals surface area contributed by atoms with E-state index in [0.717, 1.165) is 10.5 Å². The number of benzene rings is 3. The van der Waals surface area contributed by atoms with Crippen LogP contribution in [-0.2, 0) is 14.8 Å². The number of nitrogens with zero attached hydrogens (tertiary/aromatic N) is 2. The first kappa shape index (κ1) is 29.0. The maximum Gasteiger partial charge on any atom is 0.471 e. The smallest absolute Gasteiger partial charge is 0.471 e. The number of sulfonamides is 1. The number of alkyl halides is 3. The second kappa shape index (κ2) is 11.1. The summed E-state index contributed by atoms with van der Waals surface area (Å²) in [6, 6.07) is 15.0. The third-order valence-electron chi connectivity index (χ3n) is 7.07. The van der Waals surface area contributed by atoms with Gasteiger partial charge < -0.3 is 23.6 Å². The molecular formula is C28H26F3N3O7S. The van der Waals surface area contributed by atoms with Gasteiger partial charge in [0.2, 0.25) is 0 Å². The molecule has 1 fully saturated rings. The van der Waals surface area contributed by atoms with Crippen molar-refractivity contribution in [1.29, 1.82) is 0 Å². The van der Waals surface area contributed by atoms with Crippen LogP contribution in [0.3, 0.4) is 0 Å². The van der Waals surface area contributed by atoms with E-state index in [1.165, 1.54) is 33.5 Å². The van der Waals surface area contributed by atoms with Gasteiger partial charge in [-0.3, -0.25) is 9.52 Å². The average molecular weight is 606 g/mol. The molecule has 2 heterocycles. The van der Waals surface area contributed by atoms with Gasteiger partial charge in [0.15, 0.2) is 16.3 Å². The fraction of sp³-hybridized carbons (Fsp3) is 0.286. The van der Waals surface area contributed by atoms with Crippen LogP contribution in [0.4, 0.5) is 19.0 Å². The van der Waals surface area contributed by atoms with E-state index in [-0.39, 0.29) is 57.9 Å². The quantitative estimate of drug-likeness (QED) is 0.291. The lowest BCUT2D eigenvalue weighted by Crippen LogP contribution is -2.39. The number of aromatic nitrogens is 1. The largest absolute Gasteiger partial charge is 0.496 e. The molecule has 3 aromatic carbocycles. The molecule has 1 unspecified atom stereocenters. The van der Waals surface area contributed by atoms with Crippen molar-refractivity contribution in [3.05, 3.63) is 60.2 Å². The van der Waals surface area contributed by atoms with Crippen LogP contribution in [0.2, 0.25) is 0 Å². The number of ether oxygens (including phenoxy) is 3. The summed E-state index contributed by atoms with van der Waals surface area (Å²) in [6.45, 7) is -0.0856. The molecule has 1 aliphatic heterocycles. The predicted octanol–water partition coefficient (Wildman–Crippen LogP) is 5.20. The van der Waals surface area contributed by atoms with Crippen LogP contribution < -0.4 is 18.9 Å². The topological polar surface area (TPSA) is 120 Å². The minimum atomic E-state index is -4.94. The molecule has 10 nitrogen and oxygen atoms in total. The van der Waals surface area contributed by atoms with E-state index < -0.39 is 22.1 Å². The van der Waals surface area contributed by atoms with E-state index >= 15 is 0 Å². The molecule has 1 amide bonds. The minimum Gasteiger partial charge on any atom is -0.496 e. The van der Waals surface area contributed by atoms with E-state index in [1.54, 1.807) is 42.5 Å². The van der Waals surface area contributed by atoms with Crippen molar-refractivity contribution in [2.24, 2.45) is 0 Å². The van der Waals surface area contributed by atoms with Gasteiger partial charge in [0, 0.05) is 19.0 Å². The van der Waals surface area contributed by atoms with Crippen molar-refractivity contribution >= 4 is 32.7 Å². The second-order valence-corrected chi connectivity index (χ2v) is 11.1. The van der Waals surface area contributed by atoms with Crippen molar-refractivity contribution < 1.29 is 45.1 Å². The van der Waals surface area contributed by atoms with Gasteiger partial charge in [-0.2, -0.15) is 13.2 Å². The third-order valence-corrected chi connectivity index (χ3v) is 8.47. The third kappa shape index (κ3) is 5.29. The molecule has 1 aromatic heterocycles. The van der Waals surface area contributed by atoms with E-state index in [1.807, 2.05) is 0 Å². The number of anilines is 1. The first-order valence-corrected chi connectivity index (χ1v) is 14.1. The zero-order chi connectivity index (χ0) is 30.2. The van der Waals surface area contributed by atoms with Gasteiger partial charge in [0.05, 0.1) is 21.3 Å². The molecule has 0 aliphatic carbocycles. The molecule has 4 aromatic rings. The highest BCUT2D eigenvalue weighted by Gasteiger charge is 2.45. The lowest BCUT2D eigenvalue weighted by Gasteiger charge is -2.19. The zero-order valence-electron chi connectivity index (χ0n) is 22.7. The number of nitrogens with one attached hydrogen (secondary N) is 1. The fourth-order valence-corrected chi connectivity index (χ4v) is 6.50. The normalized spacial score (nSPS) is 15.6. The Hall–Kier alpha value is -4.46. The second-order valence-electron chi connectivity index (χ2n) is 9.50. The van der Waals surface area contributed by atoms with Crippen LogP contribution in [0.1, 0.15) is 17.9 Å². The number of hydrogen-bond donors (Lipinski definition) is 1. The maximum absolute atomic E-state index is 13.4. The Morgan fingerprint density at radius 3 is 2.31 bits per heavy atom. The number of methoxy groups -OCH3 is 3. The van der Waals surface area contributed by atoms with E-state index in [4.69, 9.17) is 18.7 Å². The molecular weight excluding hydrogens is 579 g/mol. The fourth-order valence-electron chi connectivity index (χ4n) is 5.18. The Kier molecular flexibility index (Phi) is 7.66. The van der Waals surface area contributed by atoms with E-state index in [0.29, 0.717) is 17.5 Å². The number of likely N-dealkylation sites (tertiary alicyclic amines) is 1. The van der Waals surface area contributed by atoms with Crippen molar-refractivity contribution in [3.8, 4) is 28.4 Å². The van der Waals surface area contributed by atoms with Crippen LogP contribution in [0, 0.1) is 0 Å². The number of hydrogen-bond acceptors (Lipinski definition) is 8. The Balaban J connectivity index is 1.52. The van der Waals surface area contributed by atoms with E-state index in [9.17, 15) is 26.4 Å². The van der Waals surface area contributed by atoms with Crippen LogP contribution in [-0.4, -0.2) is 65.0 Å². The lowest BCUT2D eigenvalue weighted by atomic mass is 9.89. The summed E-state index contributed by atoms with van der Waals surface area (Å²) < 4.78 is 89.9. The first-order valence-electron chi connectivity index (χ1n) is 12.6. The van der Waals surface area contributed by atoms with Crippen molar-refractivity contribution in [2.75, 3.05) is 39.1 Å². The van der Waals surface area contributed by atoms with Gasteiger partial charge in [-0.1, -0.05) is 35.5 Å². The molecule has 222 valence electrons. The number of amides is 1. The number of carbonyl (C=O) groups is 1. The van der Waals surface area contributed by atoms with Crippen LogP contribution in [0.25, 0.3) is 22.1 Å². The summed E-state index contributed by atoms with van der Waals surface area (Å²) in [5.74, 6) is -1.96. The van der Waals surface area contributed by atoms with Gasteiger partial charge in [0.1, 0.15) is 22.6 Å². The van der Waals surface area contributed by atoms with E-state index in [2.05, 4.69) is 9.88 Å². The Morgan fingerprint density at radius 2 is 1.67 bits per heavy atom. The van der Waals surface area contributed by atoms with Crippen molar-refractivity contribution in [2.45, 2.75) is 23.4 Å². The monoisotopic (exact) mass is 605 g/mol. The molecule has 0 saturated carbocycles. The maximum atomic E-state index is 13.4. The molecule has 42 heavy (non-hydrogen) atoms. The molecule has 1 saturated heterocycles. The standard InChI is InChI=1S/C28H26F3N3O7S/c1-38-20-9-6-10-21(39-2)25(20)42(36,37)33-26-24-22(40-3)13-17(14-23(24)41-32-26)19-8-5-4-7-18(19)16-11-12-34(15-16)27(35)28(29,30)31/h4-10,13-14,16H,11-12,15H2,1-3H3,(H,32,33). The summed E-state index contributed by atoms with van der Waals surface area (Å²) in [5.41, 5.74) is 2.25. The number of halogens is 3. The highest BCUT2D eigenvalue weighted by molar-refractivity contribution is 7.93. The summed E-state index contributed by atoms with van der Waals surface area (Å²) in [5, 5.41) is 4.18. The van der Waals surface area contributed by atoms with Gasteiger partial charge >= 0.3 is 12.1 Å². The molecule has 5 rings (SSSR count). The van der Waals surface area contributed by atoms with Gasteiger partial charge in [0.25, 0.3) is 10.0 Å². The Bertz CT molecular complexity index is 1730. The predicted molar refractivity (Wildman–Crippen MR) is 146 cm³/mol. The molecule has 1 N–H and O–H groups in total. The molecule has 0 radical (unpaired) electrons. The highest BCUT2D eigenvalue weighted by atomic mass is 32.2. The lowest BCUT2D eigenvalue weighted by molar-refractivity contribution is -0.184. The molecule has 14 heteroatoms. The summed E-state index contributed by atoms with van der Waals surface area (Å²) in [7, 11) is -0.214. The molecule has 1 aliphatic rings. The van der Waals surface area contributed by atoms with Gasteiger partial charge in [-0.05, 0) is 47.4 Å². The SMILES string of the molecule is COc1cccc(OC)c1S(=O)(=O)Nc1noc2cc(-c3ccccc3C3CCN(C(=O)C(F)(F)F)C3)cc(OC)c12. The van der Waals surface area contributed by atoms with Crippen LogP contribution in [0.15, 0.2) is 64.0 Å². The van der Waals surface area contributed by atoms with Crippen LogP contribution >= 0.6 is 0 Å². The van der Waals surface area contributed by atoms with Gasteiger partial charge in [-0.25, -0.2) is 8.42 Å². The first-order chi connectivity index (χ1) is 20.0. The number of carbonyl (C=O) groups excluding carboxylic acids is 1. The Labute approximate surface area is 239 Å². The highest BCUT2D eigenvalue weighted by Crippen LogP contribution is 2.42.